The molecule has 0 saturated heterocycles. The van der Waals surface area contributed by atoms with Crippen LogP contribution in [0.1, 0.15) is 57.0 Å². The van der Waals surface area contributed by atoms with E-state index in [1.165, 1.54) is 0 Å². The van der Waals surface area contributed by atoms with E-state index in [2.05, 4.69) is 21.2 Å². The Kier molecular flexibility index (Phi) is 7.97. The van der Waals surface area contributed by atoms with Crippen LogP contribution in [-0.2, 0) is 16.1 Å². The number of hydrogen-bond acceptors (Lipinski definition) is 4. The summed E-state index contributed by atoms with van der Waals surface area (Å²) in [7, 11) is 0. The fraction of sp³-hybridized carbons (Fsp3) is 0.370. The van der Waals surface area contributed by atoms with E-state index in [1.54, 1.807) is 33.0 Å². The number of hydrogen-bond donors (Lipinski definition) is 1. The molecular weight excluding hydrogens is 496 g/mol. The van der Waals surface area contributed by atoms with E-state index in [-0.39, 0.29) is 16.9 Å². The third kappa shape index (κ3) is 6.56. The lowest BCUT2D eigenvalue weighted by molar-refractivity contribution is -0.157. The number of amides is 1. The predicted molar refractivity (Wildman–Crippen MR) is 138 cm³/mol. The Morgan fingerprint density at radius 2 is 1.76 bits per heavy atom. The van der Waals surface area contributed by atoms with E-state index in [0.29, 0.717) is 18.4 Å². The molecule has 0 spiro atoms. The molecule has 0 saturated carbocycles. The maximum absolute atomic E-state index is 13.3. The van der Waals surface area contributed by atoms with Crippen molar-refractivity contribution in [2.75, 3.05) is 0 Å². The van der Waals surface area contributed by atoms with Crippen molar-refractivity contribution in [1.82, 2.24) is 9.88 Å². The molecule has 2 aromatic carbocycles. The van der Waals surface area contributed by atoms with Crippen molar-refractivity contribution in [3.63, 3.8) is 0 Å². The van der Waals surface area contributed by atoms with Crippen LogP contribution < -0.4 is 10.7 Å². The standard InChI is InChI=1S/C27H31BrN2O4/c1-17(2)13-22(26(33)34-27(3,4)5)29-25(32)21-16-30(15-18-9-7-6-8-10-18)23-12-11-19(28)14-20(23)24(21)31/h6-12,14,16-17,22H,13,15H2,1-5H3,(H,29,32)/t22-/m0/s1. The van der Waals surface area contributed by atoms with Crippen LogP contribution in [0.4, 0.5) is 0 Å². The fourth-order valence-corrected chi connectivity index (χ4v) is 4.10. The van der Waals surface area contributed by atoms with Crippen molar-refractivity contribution in [2.24, 2.45) is 5.92 Å². The molecule has 180 valence electrons. The minimum absolute atomic E-state index is 0.0150. The maximum atomic E-state index is 13.3. The zero-order valence-corrected chi connectivity index (χ0v) is 21.8. The first-order valence-electron chi connectivity index (χ1n) is 11.3. The topological polar surface area (TPSA) is 77.4 Å². The second kappa shape index (κ2) is 10.6. The van der Waals surface area contributed by atoms with Gasteiger partial charge in [0.1, 0.15) is 17.2 Å². The van der Waals surface area contributed by atoms with Crippen molar-refractivity contribution in [3.8, 4) is 0 Å². The second-order valence-electron chi connectivity index (χ2n) is 9.84. The minimum Gasteiger partial charge on any atom is -0.458 e. The molecule has 7 heteroatoms. The van der Waals surface area contributed by atoms with Gasteiger partial charge in [-0.2, -0.15) is 0 Å². The molecule has 3 aromatic rings. The number of fused-ring (bicyclic) bond motifs is 1. The summed E-state index contributed by atoms with van der Waals surface area (Å²) >= 11 is 3.42. The number of carbonyl (C=O) groups is 2. The van der Waals surface area contributed by atoms with Gasteiger partial charge in [0.15, 0.2) is 0 Å². The van der Waals surface area contributed by atoms with Crippen LogP contribution in [0.3, 0.4) is 0 Å². The fourth-order valence-electron chi connectivity index (χ4n) is 3.74. The third-order valence-electron chi connectivity index (χ3n) is 5.19. The molecule has 0 unspecified atom stereocenters. The molecule has 1 amide bonds. The molecule has 0 bridgehead atoms. The summed E-state index contributed by atoms with van der Waals surface area (Å²) < 4.78 is 8.14. The summed E-state index contributed by atoms with van der Waals surface area (Å²) in [5, 5.41) is 3.19. The number of nitrogens with one attached hydrogen (secondary N) is 1. The zero-order valence-electron chi connectivity index (χ0n) is 20.2. The normalized spacial score (nSPS) is 12.6. The maximum Gasteiger partial charge on any atom is 0.329 e. The van der Waals surface area contributed by atoms with Crippen molar-refractivity contribution < 1.29 is 14.3 Å². The summed E-state index contributed by atoms with van der Waals surface area (Å²) in [6, 6.07) is 14.4. The van der Waals surface area contributed by atoms with Crippen LogP contribution >= 0.6 is 15.9 Å². The molecule has 1 N–H and O–H groups in total. The van der Waals surface area contributed by atoms with Crippen molar-refractivity contribution in [2.45, 2.75) is 59.2 Å². The lowest BCUT2D eigenvalue weighted by Crippen LogP contribution is -2.46. The zero-order chi connectivity index (χ0) is 25.0. The molecule has 1 atom stereocenters. The Labute approximate surface area is 208 Å². The molecule has 0 aliphatic carbocycles. The SMILES string of the molecule is CC(C)C[C@H](NC(=O)c1cn(Cc2ccccc2)c2ccc(Br)cc2c1=O)C(=O)OC(C)(C)C. The number of benzene rings is 2. The van der Waals surface area contributed by atoms with Gasteiger partial charge in [0, 0.05) is 22.6 Å². The summed E-state index contributed by atoms with van der Waals surface area (Å²) in [5.41, 5.74) is 0.673. The van der Waals surface area contributed by atoms with Gasteiger partial charge in [-0.25, -0.2) is 4.79 Å². The van der Waals surface area contributed by atoms with E-state index < -0.39 is 23.5 Å². The van der Waals surface area contributed by atoms with Crippen LogP contribution in [0, 0.1) is 5.92 Å². The molecule has 0 aliphatic rings. The Morgan fingerprint density at radius 3 is 2.38 bits per heavy atom. The molecule has 0 radical (unpaired) electrons. The first-order valence-corrected chi connectivity index (χ1v) is 12.1. The summed E-state index contributed by atoms with van der Waals surface area (Å²) in [6.07, 6.45) is 1.97. The minimum atomic E-state index is -0.855. The van der Waals surface area contributed by atoms with Gasteiger partial charge in [-0.3, -0.25) is 9.59 Å². The Hall–Kier alpha value is -2.93. The molecule has 6 nitrogen and oxygen atoms in total. The first kappa shape index (κ1) is 25.7. The quantitative estimate of drug-likeness (QED) is 0.423. The smallest absolute Gasteiger partial charge is 0.329 e. The number of esters is 1. The van der Waals surface area contributed by atoms with Crippen LogP contribution in [0.25, 0.3) is 10.9 Å². The van der Waals surface area contributed by atoms with Gasteiger partial charge in [0.05, 0.1) is 5.52 Å². The highest BCUT2D eigenvalue weighted by Crippen LogP contribution is 2.20. The van der Waals surface area contributed by atoms with Crippen LogP contribution in [0.15, 0.2) is 64.0 Å². The highest BCUT2D eigenvalue weighted by molar-refractivity contribution is 9.10. The van der Waals surface area contributed by atoms with E-state index in [9.17, 15) is 14.4 Å². The number of halogens is 1. The average molecular weight is 527 g/mol. The molecule has 1 aromatic heterocycles. The number of carbonyl (C=O) groups excluding carboxylic acids is 2. The molecule has 34 heavy (non-hydrogen) atoms. The largest absolute Gasteiger partial charge is 0.458 e. The average Bonchev–Trinajstić information content (AvgIpc) is 2.74. The first-order chi connectivity index (χ1) is 15.9. The van der Waals surface area contributed by atoms with Gasteiger partial charge in [-0.05, 0) is 56.9 Å². The van der Waals surface area contributed by atoms with Gasteiger partial charge in [0.2, 0.25) is 5.43 Å². The van der Waals surface area contributed by atoms with Crippen LogP contribution in [0.5, 0.6) is 0 Å². The van der Waals surface area contributed by atoms with E-state index in [1.807, 2.05) is 60.9 Å². The third-order valence-corrected chi connectivity index (χ3v) is 5.68. The number of rotatable bonds is 7. The lowest BCUT2D eigenvalue weighted by atomic mass is 10.0. The van der Waals surface area contributed by atoms with Crippen molar-refractivity contribution >= 4 is 38.7 Å². The van der Waals surface area contributed by atoms with Gasteiger partial charge < -0.3 is 14.6 Å². The Bertz CT molecular complexity index is 1240. The highest BCUT2D eigenvalue weighted by Gasteiger charge is 2.29. The second-order valence-corrected chi connectivity index (χ2v) is 10.8. The van der Waals surface area contributed by atoms with Gasteiger partial charge >= 0.3 is 5.97 Å². The predicted octanol–water partition coefficient (Wildman–Crippen LogP) is 5.30. The van der Waals surface area contributed by atoms with Gasteiger partial charge in [0.25, 0.3) is 5.91 Å². The lowest BCUT2D eigenvalue weighted by Gasteiger charge is -2.25. The number of ether oxygens (including phenoxy) is 1. The molecule has 0 fully saturated rings. The molecule has 0 aliphatic heterocycles. The van der Waals surface area contributed by atoms with Gasteiger partial charge in [-0.15, -0.1) is 0 Å². The summed E-state index contributed by atoms with van der Waals surface area (Å²) in [5.74, 6) is -0.965. The molecular formula is C27H31BrN2O4. The Balaban J connectivity index is 2.03. The van der Waals surface area contributed by atoms with Crippen LogP contribution in [-0.4, -0.2) is 28.1 Å². The van der Waals surface area contributed by atoms with Crippen molar-refractivity contribution in [1.29, 1.82) is 0 Å². The molecule has 1 heterocycles. The van der Waals surface area contributed by atoms with E-state index >= 15 is 0 Å². The highest BCUT2D eigenvalue weighted by atomic mass is 79.9. The number of pyridine rings is 1. The Morgan fingerprint density at radius 1 is 1.09 bits per heavy atom. The summed E-state index contributed by atoms with van der Waals surface area (Å²) in [4.78, 5) is 39.4. The number of nitrogens with zero attached hydrogens (tertiary/aromatic N) is 1. The number of aromatic nitrogens is 1. The molecule has 3 rings (SSSR count). The van der Waals surface area contributed by atoms with Crippen LogP contribution in [0.2, 0.25) is 0 Å². The van der Waals surface area contributed by atoms with E-state index in [0.717, 1.165) is 15.6 Å². The van der Waals surface area contributed by atoms with Gasteiger partial charge in [-0.1, -0.05) is 60.1 Å². The van der Waals surface area contributed by atoms with E-state index in [4.69, 9.17) is 4.74 Å². The van der Waals surface area contributed by atoms with Crippen molar-refractivity contribution in [3.05, 3.63) is 80.6 Å². The summed E-state index contributed by atoms with van der Waals surface area (Å²) in [6.45, 7) is 9.75. The monoisotopic (exact) mass is 526 g/mol.